The van der Waals surface area contributed by atoms with Crippen LogP contribution in [0, 0.1) is 0 Å². The average molecular weight is 235 g/mol. The van der Waals surface area contributed by atoms with E-state index in [4.69, 9.17) is 23.2 Å². The summed E-state index contributed by atoms with van der Waals surface area (Å²) >= 11 is 17.7. The Labute approximate surface area is 89.5 Å². The fourth-order valence-corrected chi connectivity index (χ4v) is 3.19. The van der Waals surface area contributed by atoms with Crippen LogP contribution in [0.15, 0.2) is 22.4 Å². The molecule has 0 spiro atoms. The largest absolute Gasteiger partial charge is 0.143 e. The molecule has 0 saturated heterocycles. The fourth-order valence-electron chi connectivity index (χ4n) is 1.07. The second-order valence-electron chi connectivity index (χ2n) is 2.38. The highest BCUT2D eigenvalue weighted by molar-refractivity contribution is 7.80. The van der Waals surface area contributed by atoms with Gasteiger partial charge in [0.1, 0.15) is 0 Å². The molecule has 0 saturated carbocycles. The molecule has 0 amide bonds. The Morgan fingerprint density at radius 2 is 1.92 bits per heavy atom. The first-order chi connectivity index (χ1) is 5.68. The molecule has 0 fully saturated rings. The van der Waals surface area contributed by atoms with Crippen LogP contribution in [0.4, 0.5) is 0 Å². The van der Waals surface area contributed by atoms with Gasteiger partial charge in [-0.2, -0.15) is 0 Å². The van der Waals surface area contributed by atoms with Crippen LogP contribution in [0.3, 0.4) is 0 Å². The fraction of sp³-hybridized carbons (Fsp3) is 0. The first-order valence-electron chi connectivity index (χ1n) is 3.23. The third kappa shape index (κ3) is 1.33. The minimum Gasteiger partial charge on any atom is -0.143 e. The Balaban J connectivity index is 2.93. The molecule has 0 unspecified atom stereocenters. The van der Waals surface area contributed by atoms with Gasteiger partial charge in [-0.25, -0.2) is 0 Å². The van der Waals surface area contributed by atoms with Crippen LogP contribution in [0.5, 0.6) is 0 Å². The van der Waals surface area contributed by atoms with Gasteiger partial charge >= 0.3 is 0 Å². The molecule has 1 aromatic heterocycles. The van der Waals surface area contributed by atoms with E-state index in [-0.39, 0.29) is 0 Å². The number of rotatable bonds is 0. The molecule has 4 heteroatoms. The molecule has 0 nitrogen and oxygen atoms in total. The third-order valence-electron chi connectivity index (χ3n) is 1.57. The molecule has 0 bridgehead atoms. The minimum absolute atomic E-state index is 0.670. The molecule has 0 N–H and O–H groups in total. The van der Waals surface area contributed by atoms with E-state index in [0.29, 0.717) is 10.0 Å². The molecule has 0 aliphatic heterocycles. The van der Waals surface area contributed by atoms with Crippen molar-refractivity contribution in [1.29, 1.82) is 0 Å². The highest BCUT2D eigenvalue weighted by Gasteiger charge is 2.06. The van der Waals surface area contributed by atoms with Crippen LogP contribution in [-0.4, -0.2) is 0 Å². The van der Waals surface area contributed by atoms with E-state index in [1.807, 2.05) is 11.4 Å². The zero-order valence-corrected chi connectivity index (χ0v) is 9.07. The maximum atomic E-state index is 5.98. The molecule has 62 valence electrons. The van der Waals surface area contributed by atoms with Crippen molar-refractivity contribution >= 4 is 57.3 Å². The lowest BCUT2D eigenvalue weighted by Gasteiger charge is -1.96. The van der Waals surface area contributed by atoms with Gasteiger partial charge in [0.2, 0.25) is 0 Å². The van der Waals surface area contributed by atoms with Gasteiger partial charge in [-0.05, 0) is 12.1 Å². The van der Waals surface area contributed by atoms with E-state index in [1.165, 1.54) is 0 Å². The second-order valence-corrected chi connectivity index (χ2v) is 4.63. The van der Waals surface area contributed by atoms with E-state index in [2.05, 4.69) is 12.6 Å². The molecule has 0 radical (unpaired) electrons. The summed E-state index contributed by atoms with van der Waals surface area (Å²) in [6.45, 7) is 0. The number of fused-ring (bicyclic) bond motifs is 1. The molecule has 2 rings (SSSR count). The molecular weight excluding hydrogens is 231 g/mol. The summed E-state index contributed by atoms with van der Waals surface area (Å²) in [4.78, 5) is 0.867. The lowest BCUT2D eigenvalue weighted by atomic mass is 10.3. The van der Waals surface area contributed by atoms with Crippen molar-refractivity contribution < 1.29 is 0 Å². The first-order valence-corrected chi connectivity index (χ1v) is 5.32. The number of benzene rings is 1. The van der Waals surface area contributed by atoms with Crippen LogP contribution >= 0.6 is 47.2 Å². The van der Waals surface area contributed by atoms with Crippen molar-refractivity contribution in [2.45, 2.75) is 4.90 Å². The SMILES string of the molecule is Sc1cc(Cl)c2c(Cl)csc2c1. The van der Waals surface area contributed by atoms with Gasteiger partial charge in [-0.15, -0.1) is 24.0 Å². The van der Waals surface area contributed by atoms with E-state index in [0.717, 1.165) is 15.0 Å². The third-order valence-corrected chi connectivity index (χ3v) is 3.48. The van der Waals surface area contributed by atoms with Gasteiger partial charge in [-0.3, -0.25) is 0 Å². The predicted octanol–water partition coefficient (Wildman–Crippen LogP) is 4.50. The molecule has 12 heavy (non-hydrogen) atoms. The predicted molar refractivity (Wildman–Crippen MR) is 59.1 cm³/mol. The van der Waals surface area contributed by atoms with Gasteiger partial charge in [0, 0.05) is 20.4 Å². The van der Waals surface area contributed by atoms with Crippen molar-refractivity contribution in [1.82, 2.24) is 0 Å². The Kier molecular flexibility index (Phi) is 2.25. The number of hydrogen-bond acceptors (Lipinski definition) is 2. The monoisotopic (exact) mass is 234 g/mol. The van der Waals surface area contributed by atoms with E-state index >= 15 is 0 Å². The van der Waals surface area contributed by atoms with Gasteiger partial charge in [0.25, 0.3) is 0 Å². The highest BCUT2D eigenvalue weighted by Crippen LogP contribution is 2.36. The average Bonchev–Trinajstić information content (AvgIpc) is 2.31. The second kappa shape index (κ2) is 3.11. The van der Waals surface area contributed by atoms with Crippen molar-refractivity contribution in [2.24, 2.45) is 0 Å². The van der Waals surface area contributed by atoms with Gasteiger partial charge in [0.05, 0.1) is 10.0 Å². The first kappa shape index (κ1) is 8.70. The molecule has 0 atom stereocenters. The van der Waals surface area contributed by atoms with Gasteiger partial charge in [0.15, 0.2) is 0 Å². The zero-order valence-electron chi connectivity index (χ0n) is 5.84. The summed E-state index contributed by atoms with van der Waals surface area (Å²) in [6.07, 6.45) is 0. The van der Waals surface area contributed by atoms with Crippen molar-refractivity contribution in [2.75, 3.05) is 0 Å². The Morgan fingerprint density at radius 1 is 1.17 bits per heavy atom. The normalized spacial score (nSPS) is 10.9. The smallest absolute Gasteiger partial charge is 0.0606 e. The Hall–Kier alpha value is 0.110. The molecule has 1 aromatic carbocycles. The van der Waals surface area contributed by atoms with Crippen molar-refractivity contribution in [3.63, 3.8) is 0 Å². The van der Waals surface area contributed by atoms with Crippen molar-refractivity contribution in [3.05, 3.63) is 27.6 Å². The highest BCUT2D eigenvalue weighted by atomic mass is 35.5. The summed E-state index contributed by atoms with van der Waals surface area (Å²) in [7, 11) is 0. The summed E-state index contributed by atoms with van der Waals surface area (Å²) in [5, 5.41) is 4.20. The summed E-state index contributed by atoms with van der Waals surface area (Å²) < 4.78 is 1.08. The number of thiol groups is 1. The van der Waals surface area contributed by atoms with Gasteiger partial charge in [-0.1, -0.05) is 23.2 Å². The van der Waals surface area contributed by atoms with E-state index in [1.54, 1.807) is 17.4 Å². The maximum Gasteiger partial charge on any atom is 0.0606 e. The molecule has 1 heterocycles. The van der Waals surface area contributed by atoms with E-state index in [9.17, 15) is 0 Å². The minimum atomic E-state index is 0.670. The molecule has 0 aliphatic rings. The number of halogens is 2. The van der Waals surface area contributed by atoms with E-state index < -0.39 is 0 Å². The quantitative estimate of drug-likeness (QED) is 0.638. The lowest BCUT2D eigenvalue weighted by Crippen LogP contribution is -1.69. The van der Waals surface area contributed by atoms with Crippen LogP contribution in [0.25, 0.3) is 10.1 Å². The maximum absolute atomic E-state index is 5.98. The van der Waals surface area contributed by atoms with Crippen LogP contribution in [0.1, 0.15) is 0 Å². The summed E-state index contributed by atoms with van der Waals surface area (Å²) in [5.41, 5.74) is 0. The van der Waals surface area contributed by atoms with Crippen molar-refractivity contribution in [3.8, 4) is 0 Å². The van der Waals surface area contributed by atoms with Gasteiger partial charge < -0.3 is 0 Å². The zero-order chi connectivity index (χ0) is 8.72. The number of thiophene rings is 1. The Bertz CT molecular complexity index is 434. The van der Waals surface area contributed by atoms with Crippen LogP contribution < -0.4 is 0 Å². The molecule has 2 aromatic rings. The lowest BCUT2D eigenvalue weighted by molar-refractivity contribution is 1.54. The Morgan fingerprint density at radius 3 is 2.67 bits per heavy atom. The topological polar surface area (TPSA) is 0 Å². The molecule has 0 aliphatic carbocycles. The summed E-state index contributed by atoms with van der Waals surface area (Å²) in [5.74, 6) is 0. The number of hydrogen-bond donors (Lipinski definition) is 1. The van der Waals surface area contributed by atoms with Crippen LogP contribution in [0.2, 0.25) is 10.0 Å². The standard InChI is InChI=1S/C8H4Cl2S2/c9-5-1-4(11)2-7-8(5)6(10)3-12-7/h1-3,11H. The summed E-state index contributed by atoms with van der Waals surface area (Å²) in [6, 6.07) is 3.76. The van der Waals surface area contributed by atoms with Crippen LogP contribution in [-0.2, 0) is 0 Å². The molecular formula is C8H4Cl2S2.